The Kier molecular flexibility index (Phi) is 4.86. The molecule has 1 aromatic heterocycles. The molecule has 2 aromatic carbocycles. The van der Waals surface area contributed by atoms with Crippen LogP contribution in [0.1, 0.15) is 5.56 Å². The normalized spacial score (nSPS) is 12.6. The topological polar surface area (TPSA) is 119 Å². The highest BCUT2D eigenvalue weighted by Crippen LogP contribution is 2.26. The molecule has 0 amide bonds. The molecule has 0 aliphatic carbocycles. The molecule has 0 aliphatic heterocycles. The first-order chi connectivity index (χ1) is 12.9. The Morgan fingerprint density at radius 1 is 1.00 bits per heavy atom. The number of oxazole rings is 1. The molecule has 9 nitrogen and oxygen atoms in total. The van der Waals surface area contributed by atoms with Crippen molar-refractivity contribution in [3.8, 4) is 0 Å². The van der Waals surface area contributed by atoms with Crippen molar-refractivity contribution in [1.82, 2.24) is 8.87 Å². The van der Waals surface area contributed by atoms with Gasteiger partial charge in [0.05, 0.1) is 21.0 Å². The molecule has 0 saturated carbocycles. The summed E-state index contributed by atoms with van der Waals surface area (Å²) in [5, 5.41) is 0. The van der Waals surface area contributed by atoms with Gasteiger partial charge in [-0.3, -0.25) is 9.29 Å². The number of sulfonamides is 2. The molecular weight excluding hydrogens is 406 g/mol. The van der Waals surface area contributed by atoms with Gasteiger partial charge in [-0.25, -0.2) is 25.9 Å². The quantitative estimate of drug-likeness (QED) is 0.662. The Labute approximate surface area is 162 Å². The van der Waals surface area contributed by atoms with Crippen LogP contribution in [0.2, 0.25) is 0 Å². The first-order valence-electron chi connectivity index (χ1n) is 8.09. The number of nitrogens with one attached hydrogen (secondary N) is 1. The van der Waals surface area contributed by atoms with E-state index in [4.69, 9.17) is 4.42 Å². The molecular formula is C17H19N3O6S2. The standard InChI is InChI=1S/C17H19N3O6S2/c1-11-5-6-13(28(24,25)19(2)3)9-14(11)18-27(22,23)12-7-8-15-16(10-12)26-17(21)20(15)4/h5-10,18H,1-4H3. The predicted molar refractivity (Wildman–Crippen MR) is 104 cm³/mol. The molecule has 3 aromatic rings. The zero-order valence-electron chi connectivity index (χ0n) is 15.6. The van der Waals surface area contributed by atoms with Gasteiger partial charge in [0.25, 0.3) is 10.0 Å². The van der Waals surface area contributed by atoms with Crippen molar-refractivity contribution < 1.29 is 21.3 Å². The number of fused-ring (bicyclic) bond motifs is 1. The van der Waals surface area contributed by atoms with E-state index in [1.54, 1.807) is 6.92 Å². The zero-order chi connectivity index (χ0) is 20.9. The van der Waals surface area contributed by atoms with E-state index in [-0.39, 0.29) is 21.1 Å². The predicted octanol–water partition coefficient (Wildman–Crippen LogP) is 1.49. The van der Waals surface area contributed by atoms with Crippen LogP contribution in [-0.4, -0.2) is 39.8 Å². The number of aromatic nitrogens is 1. The van der Waals surface area contributed by atoms with E-state index in [2.05, 4.69) is 4.72 Å². The lowest BCUT2D eigenvalue weighted by molar-refractivity contribution is 0.520. The highest BCUT2D eigenvalue weighted by molar-refractivity contribution is 7.92. The summed E-state index contributed by atoms with van der Waals surface area (Å²) in [6.45, 7) is 1.66. The average Bonchev–Trinajstić information content (AvgIpc) is 2.90. The molecule has 0 spiro atoms. The van der Waals surface area contributed by atoms with E-state index in [1.807, 2.05) is 0 Å². The van der Waals surface area contributed by atoms with Crippen LogP contribution in [0.25, 0.3) is 11.1 Å². The van der Waals surface area contributed by atoms with Gasteiger partial charge >= 0.3 is 5.76 Å². The van der Waals surface area contributed by atoms with Crippen LogP contribution in [0.15, 0.2) is 55.4 Å². The molecule has 0 atom stereocenters. The molecule has 1 heterocycles. The minimum atomic E-state index is -4.04. The van der Waals surface area contributed by atoms with E-state index in [9.17, 15) is 21.6 Å². The van der Waals surface area contributed by atoms with Crippen LogP contribution in [0.3, 0.4) is 0 Å². The Hall–Kier alpha value is -2.63. The van der Waals surface area contributed by atoms with Crippen LogP contribution >= 0.6 is 0 Å². The summed E-state index contributed by atoms with van der Waals surface area (Å²) in [7, 11) is -3.47. The third-order valence-corrected chi connectivity index (χ3v) is 7.48. The average molecular weight is 425 g/mol. The monoisotopic (exact) mass is 425 g/mol. The van der Waals surface area contributed by atoms with Crippen LogP contribution < -0.4 is 10.5 Å². The second-order valence-electron chi connectivity index (χ2n) is 6.43. The molecule has 28 heavy (non-hydrogen) atoms. The van der Waals surface area contributed by atoms with Gasteiger partial charge < -0.3 is 4.42 Å². The molecule has 0 fully saturated rings. The largest absolute Gasteiger partial charge is 0.419 e. The summed E-state index contributed by atoms with van der Waals surface area (Å²) in [5.41, 5.74) is 1.28. The number of hydrogen-bond acceptors (Lipinski definition) is 6. The zero-order valence-corrected chi connectivity index (χ0v) is 17.3. The second-order valence-corrected chi connectivity index (χ2v) is 10.3. The van der Waals surface area contributed by atoms with E-state index >= 15 is 0 Å². The lowest BCUT2D eigenvalue weighted by Crippen LogP contribution is -2.22. The Bertz CT molecular complexity index is 1330. The Morgan fingerprint density at radius 2 is 1.64 bits per heavy atom. The molecule has 0 unspecified atom stereocenters. The van der Waals surface area contributed by atoms with E-state index < -0.39 is 25.8 Å². The summed E-state index contributed by atoms with van der Waals surface area (Å²) in [5.74, 6) is -0.602. The molecule has 0 radical (unpaired) electrons. The summed E-state index contributed by atoms with van der Waals surface area (Å²) in [4.78, 5) is 11.4. The minimum absolute atomic E-state index is 0.0368. The molecule has 0 saturated heterocycles. The van der Waals surface area contributed by atoms with Crippen molar-refractivity contribution in [2.24, 2.45) is 7.05 Å². The first kappa shape index (κ1) is 20.1. The first-order valence-corrected chi connectivity index (χ1v) is 11.0. The van der Waals surface area contributed by atoms with Gasteiger partial charge in [-0.2, -0.15) is 0 Å². The summed E-state index contributed by atoms with van der Waals surface area (Å²) < 4.78 is 59.9. The molecule has 150 valence electrons. The number of anilines is 1. The van der Waals surface area contributed by atoms with Crippen LogP contribution in [-0.2, 0) is 27.1 Å². The molecule has 11 heteroatoms. The molecule has 1 N–H and O–H groups in total. The van der Waals surface area contributed by atoms with Gasteiger partial charge in [-0.15, -0.1) is 0 Å². The summed E-state index contributed by atoms with van der Waals surface area (Å²) >= 11 is 0. The summed E-state index contributed by atoms with van der Waals surface area (Å²) in [6.07, 6.45) is 0. The highest BCUT2D eigenvalue weighted by Gasteiger charge is 2.21. The van der Waals surface area contributed by atoms with Crippen molar-refractivity contribution in [2.75, 3.05) is 18.8 Å². The molecule has 0 aliphatic rings. The van der Waals surface area contributed by atoms with Crippen LogP contribution in [0.4, 0.5) is 5.69 Å². The maximum absolute atomic E-state index is 12.8. The van der Waals surface area contributed by atoms with Crippen molar-refractivity contribution in [3.05, 3.63) is 52.5 Å². The minimum Gasteiger partial charge on any atom is -0.408 e. The SMILES string of the molecule is Cc1ccc(S(=O)(=O)N(C)C)cc1NS(=O)(=O)c1ccc2c(c1)oc(=O)n2C. The van der Waals surface area contributed by atoms with E-state index in [0.717, 1.165) is 4.31 Å². The van der Waals surface area contributed by atoms with E-state index in [1.165, 1.54) is 62.1 Å². The fourth-order valence-electron chi connectivity index (χ4n) is 2.57. The summed E-state index contributed by atoms with van der Waals surface area (Å²) in [6, 6.07) is 8.25. The van der Waals surface area contributed by atoms with Gasteiger partial charge in [0.1, 0.15) is 0 Å². The van der Waals surface area contributed by atoms with E-state index in [0.29, 0.717) is 11.1 Å². The lowest BCUT2D eigenvalue weighted by Gasteiger charge is -2.15. The maximum atomic E-state index is 12.8. The molecule has 0 bridgehead atoms. The van der Waals surface area contributed by atoms with Gasteiger partial charge in [-0.05, 0) is 36.8 Å². The maximum Gasteiger partial charge on any atom is 0.419 e. The van der Waals surface area contributed by atoms with Gasteiger partial charge in [0.15, 0.2) is 5.58 Å². The van der Waals surface area contributed by atoms with Crippen molar-refractivity contribution in [1.29, 1.82) is 0 Å². The number of hydrogen-bond donors (Lipinski definition) is 1. The van der Waals surface area contributed by atoms with Crippen LogP contribution in [0.5, 0.6) is 0 Å². The van der Waals surface area contributed by atoms with Crippen molar-refractivity contribution in [2.45, 2.75) is 16.7 Å². The fourth-order valence-corrected chi connectivity index (χ4v) is 4.63. The van der Waals surface area contributed by atoms with Gasteiger partial charge in [-0.1, -0.05) is 6.07 Å². The molecule has 3 rings (SSSR count). The number of aryl methyl sites for hydroxylation is 2. The Morgan fingerprint density at radius 3 is 2.29 bits per heavy atom. The number of rotatable bonds is 5. The van der Waals surface area contributed by atoms with Crippen LogP contribution in [0, 0.1) is 6.92 Å². The number of benzene rings is 2. The fraction of sp³-hybridized carbons (Fsp3) is 0.235. The third-order valence-electron chi connectivity index (χ3n) is 4.31. The van der Waals surface area contributed by atoms with Gasteiger partial charge in [0, 0.05) is 27.2 Å². The van der Waals surface area contributed by atoms with Crippen molar-refractivity contribution >= 4 is 36.8 Å². The Balaban J connectivity index is 2.04. The number of nitrogens with zero attached hydrogens (tertiary/aromatic N) is 2. The highest BCUT2D eigenvalue weighted by atomic mass is 32.2. The third kappa shape index (κ3) is 3.43. The van der Waals surface area contributed by atoms with Crippen molar-refractivity contribution in [3.63, 3.8) is 0 Å². The van der Waals surface area contributed by atoms with Gasteiger partial charge in [0.2, 0.25) is 10.0 Å². The lowest BCUT2D eigenvalue weighted by atomic mass is 10.2. The smallest absolute Gasteiger partial charge is 0.408 e. The second kappa shape index (κ2) is 6.76.